The normalized spacial score (nSPS) is 11.0. The van der Waals surface area contributed by atoms with E-state index in [4.69, 9.17) is 0 Å². The summed E-state index contributed by atoms with van der Waals surface area (Å²) in [4.78, 5) is 8.80. The third-order valence-corrected chi connectivity index (χ3v) is 4.00. The topological polar surface area (TPSA) is 43.6 Å². The van der Waals surface area contributed by atoms with Crippen LogP contribution in [-0.2, 0) is 6.42 Å². The van der Waals surface area contributed by atoms with Crippen molar-refractivity contribution >= 4 is 10.8 Å². The lowest BCUT2D eigenvalue weighted by Gasteiger charge is -2.07. The fourth-order valence-electron chi connectivity index (χ4n) is 2.82. The van der Waals surface area contributed by atoms with Gasteiger partial charge in [0.05, 0.1) is 17.6 Å². The molecule has 3 aromatic heterocycles. The van der Waals surface area contributed by atoms with E-state index in [1.165, 1.54) is 10.9 Å². The minimum Gasteiger partial charge on any atom is -0.262 e. The van der Waals surface area contributed by atoms with Gasteiger partial charge in [-0.05, 0) is 35.6 Å². The van der Waals surface area contributed by atoms with Crippen molar-refractivity contribution in [3.05, 3.63) is 72.8 Å². The fourth-order valence-corrected chi connectivity index (χ4v) is 2.82. The van der Waals surface area contributed by atoms with Crippen LogP contribution in [0.4, 0.5) is 0 Å². The number of rotatable bonds is 3. The molecule has 0 aliphatic heterocycles. The number of hydrogen-bond donors (Lipinski definition) is 0. The van der Waals surface area contributed by atoms with E-state index in [0.717, 1.165) is 28.9 Å². The third kappa shape index (κ3) is 2.38. The van der Waals surface area contributed by atoms with Crippen molar-refractivity contribution in [3.8, 4) is 17.1 Å². The van der Waals surface area contributed by atoms with Gasteiger partial charge >= 0.3 is 0 Å². The summed E-state index contributed by atoms with van der Waals surface area (Å²) in [5, 5.41) is 7.06. The molecule has 0 fully saturated rings. The van der Waals surface area contributed by atoms with E-state index in [9.17, 15) is 0 Å². The number of nitrogens with zero attached hydrogens (tertiary/aromatic N) is 4. The molecule has 0 aliphatic rings. The summed E-state index contributed by atoms with van der Waals surface area (Å²) >= 11 is 0. The summed E-state index contributed by atoms with van der Waals surface area (Å²) in [6, 6.07) is 14.3. The second-order valence-electron chi connectivity index (χ2n) is 5.39. The molecule has 0 N–H and O–H groups in total. The zero-order valence-electron chi connectivity index (χ0n) is 12.8. The van der Waals surface area contributed by atoms with Crippen molar-refractivity contribution in [1.29, 1.82) is 0 Å². The van der Waals surface area contributed by atoms with Gasteiger partial charge in [-0.3, -0.25) is 9.97 Å². The maximum absolute atomic E-state index is 4.67. The molecule has 4 rings (SSSR count). The van der Waals surface area contributed by atoms with Crippen molar-refractivity contribution in [3.63, 3.8) is 0 Å². The lowest BCUT2D eigenvalue weighted by molar-refractivity contribution is 0.876. The number of fused-ring (bicyclic) bond motifs is 1. The Labute approximate surface area is 134 Å². The number of aromatic nitrogens is 4. The van der Waals surface area contributed by atoms with Crippen molar-refractivity contribution in [2.75, 3.05) is 0 Å². The maximum atomic E-state index is 4.67. The van der Waals surface area contributed by atoms with E-state index in [1.54, 1.807) is 12.4 Å². The predicted octanol–water partition coefficient (Wildman–Crippen LogP) is 4.04. The molecule has 0 saturated heterocycles. The lowest BCUT2D eigenvalue weighted by Crippen LogP contribution is -1.96. The van der Waals surface area contributed by atoms with E-state index in [1.807, 2.05) is 41.3 Å². The van der Waals surface area contributed by atoms with Crippen LogP contribution in [0.25, 0.3) is 27.8 Å². The quantitative estimate of drug-likeness (QED) is 0.573. The van der Waals surface area contributed by atoms with Crippen LogP contribution in [0.1, 0.15) is 12.5 Å². The molecule has 0 unspecified atom stereocenters. The first-order valence-electron chi connectivity index (χ1n) is 7.70. The lowest BCUT2D eigenvalue weighted by atomic mass is 10.0. The van der Waals surface area contributed by atoms with Gasteiger partial charge in [-0.1, -0.05) is 31.2 Å². The maximum Gasteiger partial charge on any atom is 0.112 e. The monoisotopic (exact) mass is 300 g/mol. The average Bonchev–Trinajstić information content (AvgIpc) is 3.11. The highest BCUT2D eigenvalue weighted by Gasteiger charge is 2.11. The van der Waals surface area contributed by atoms with Crippen LogP contribution in [0.2, 0.25) is 0 Å². The van der Waals surface area contributed by atoms with E-state index < -0.39 is 0 Å². The Morgan fingerprint density at radius 2 is 1.83 bits per heavy atom. The zero-order chi connectivity index (χ0) is 15.6. The van der Waals surface area contributed by atoms with Crippen LogP contribution in [-0.4, -0.2) is 19.7 Å². The molecule has 1 aromatic carbocycles. The van der Waals surface area contributed by atoms with Gasteiger partial charge in [0, 0.05) is 24.0 Å². The molecule has 0 saturated carbocycles. The highest BCUT2D eigenvalue weighted by molar-refractivity contribution is 5.95. The minimum absolute atomic E-state index is 0.868. The molecule has 0 radical (unpaired) electrons. The molecule has 4 heteroatoms. The molecule has 112 valence electrons. The Balaban J connectivity index is 1.86. The SMILES string of the molecule is CCc1cnc(-c2ccn(-c3cccnc3)n2)c2ccccc12. The Hall–Kier alpha value is -3.01. The molecule has 0 bridgehead atoms. The molecule has 0 atom stereocenters. The largest absolute Gasteiger partial charge is 0.262 e. The summed E-state index contributed by atoms with van der Waals surface area (Å²) in [5.74, 6) is 0. The Morgan fingerprint density at radius 3 is 2.61 bits per heavy atom. The molecule has 0 spiro atoms. The zero-order valence-corrected chi connectivity index (χ0v) is 12.8. The first kappa shape index (κ1) is 13.6. The standard InChI is InChI=1S/C19H16N4/c1-2-14-12-21-19(17-8-4-3-7-16(14)17)18-9-11-23(22-18)15-6-5-10-20-13-15/h3-13H,2H2,1H3. The smallest absolute Gasteiger partial charge is 0.112 e. The molecule has 0 amide bonds. The van der Waals surface area contributed by atoms with E-state index >= 15 is 0 Å². The Morgan fingerprint density at radius 1 is 0.957 bits per heavy atom. The van der Waals surface area contributed by atoms with Crippen molar-refractivity contribution < 1.29 is 0 Å². The van der Waals surface area contributed by atoms with Crippen molar-refractivity contribution in [2.24, 2.45) is 0 Å². The van der Waals surface area contributed by atoms with E-state index in [2.05, 4.69) is 40.2 Å². The van der Waals surface area contributed by atoms with Gasteiger partial charge in [-0.2, -0.15) is 5.10 Å². The van der Waals surface area contributed by atoms with Gasteiger partial charge in [-0.25, -0.2) is 4.68 Å². The van der Waals surface area contributed by atoms with Crippen LogP contribution >= 0.6 is 0 Å². The first-order chi connectivity index (χ1) is 11.4. The minimum atomic E-state index is 0.868. The number of benzene rings is 1. The second-order valence-corrected chi connectivity index (χ2v) is 5.39. The van der Waals surface area contributed by atoms with Crippen LogP contribution < -0.4 is 0 Å². The molecule has 23 heavy (non-hydrogen) atoms. The predicted molar refractivity (Wildman–Crippen MR) is 91.5 cm³/mol. The molecule has 3 heterocycles. The third-order valence-electron chi connectivity index (χ3n) is 4.00. The Bertz CT molecular complexity index is 957. The Kier molecular flexibility index (Phi) is 3.35. The second kappa shape index (κ2) is 5.65. The number of hydrogen-bond acceptors (Lipinski definition) is 3. The van der Waals surface area contributed by atoms with Crippen LogP contribution in [0.3, 0.4) is 0 Å². The summed E-state index contributed by atoms with van der Waals surface area (Å²) in [6.07, 6.45) is 8.42. The van der Waals surface area contributed by atoms with Gasteiger partial charge < -0.3 is 0 Å². The van der Waals surface area contributed by atoms with Crippen LogP contribution in [0, 0.1) is 0 Å². The van der Waals surface area contributed by atoms with Crippen LogP contribution in [0.15, 0.2) is 67.3 Å². The van der Waals surface area contributed by atoms with Crippen molar-refractivity contribution in [1.82, 2.24) is 19.7 Å². The summed E-state index contributed by atoms with van der Waals surface area (Å²) in [6.45, 7) is 2.15. The molecule has 4 aromatic rings. The fraction of sp³-hybridized carbons (Fsp3) is 0.105. The summed E-state index contributed by atoms with van der Waals surface area (Å²) in [7, 11) is 0. The van der Waals surface area contributed by atoms with Gasteiger partial charge in [0.2, 0.25) is 0 Å². The molecular formula is C19H16N4. The number of aryl methyl sites for hydroxylation is 1. The van der Waals surface area contributed by atoms with Gasteiger partial charge in [0.25, 0.3) is 0 Å². The molecule has 0 aliphatic carbocycles. The van der Waals surface area contributed by atoms with E-state index in [0.29, 0.717) is 0 Å². The summed E-state index contributed by atoms with van der Waals surface area (Å²) in [5.41, 5.74) is 3.98. The van der Waals surface area contributed by atoms with Crippen LogP contribution in [0.5, 0.6) is 0 Å². The highest BCUT2D eigenvalue weighted by atomic mass is 15.3. The van der Waals surface area contributed by atoms with Gasteiger partial charge in [0.15, 0.2) is 0 Å². The number of pyridine rings is 2. The first-order valence-corrected chi connectivity index (χ1v) is 7.70. The highest BCUT2D eigenvalue weighted by Crippen LogP contribution is 2.28. The molecular weight excluding hydrogens is 284 g/mol. The summed E-state index contributed by atoms with van der Waals surface area (Å²) < 4.78 is 1.83. The van der Waals surface area contributed by atoms with Crippen molar-refractivity contribution in [2.45, 2.75) is 13.3 Å². The van der Waals surface area contributed by atoms with Gasteiger partial charge in [0.1, 0.15) is 5.69 Å². The van der Waals surface area contributed by atoms with Gasteiger partial charge in [-0.15, -0.1) is 0 Å². The molecule has 4 nitrogen and oxygen atoms in total. The van der Waals surface area contributed by atoms with E-state index in [-0.39, 0.29) is 0 Å². The average molecular weight is 300 g/mol.